The van der Waals surface area contributed by atoms with Gasteiger partial charge in [0.2, 0.25) is 0 Å². The fourth-order valence-electron chi connectivity index (χ4n) is 2.48. The first-order valence-electron chi connectivity index (χ1n) is 7.72. The van der Waals surface area contributed by atoms with Crippen molar-refractivity contribution in [3.8, 4) is 0 Å². The van der Waals surface area contributed by atoms with E-state index >= 15 is 0 Å². The second-order valence-corrected chi connectivity index (χ2v) is 5.80. The first kappa shape index (κ1) is 15.4. The molecule has 2 aromatic carbocycles. The third kappa shape index (κ3) is 3.66. The Bertz CT molecular complexity index is 738. The molecular weight excluding hydrogens is 288 g/mol. The fourth-order valence-corrected chi connectivity index (χ4v) is 2.48. The highest BCUT2D eigenvalue weighted by molar-refractivity contribution is 6.13. The third-order valence-electron chi connectivity index (χ3n) is 3.95. The summed E-state index contributed by atoms with van der Waals surface area (Å²) in [7, 11) is 0. The van der Waals surface area contributed by atoms with Crippen LogP contribution in [0.15, 0.2) is 53.6 Å². The zero-order chi connectivity index (χ0) is 16.2. The predicted octanol–water partition coefficient (Wildman–Crippen LogP) is 3.61. The molecule has 3 rings (SSSR count). The average molecular weight is 308 g/mol. The van der Waals surface area contributed by atoms with Gasteiger partial charge in [0.05, 0.1) is 31.0 Å². The van der Waals surface area contributed by atoms with Crippen LogP contribution < -0.4 is 5.01 Å². The number of carbonyl (C=O) groups is 1. The second-order valence-electron chi connectivity index (χ2n) is 5.80. The molecule has 1 aliphatic rings. The Balaban J connectivity index is 1.63. The number of rotatable bonds is 5. The van der Waals surface area contributed by atoms with Gasteiger partial charge in [0.25, 0.3) is 5.91 Å². The summed E-state index contributed by atoms with van der Waals surface area (Å²) in [6.45, 7) is 4.99. The van der Waals surface area contributed by atoms with Crippen LogP contribution in [0.5, 0.6) is 0 Å². The molecule has 1 heterocycles. The van der Waals surface area contributed by atoms with Gasteiger partial charge in [0.15, 0.2) is 0 Å². The van der Waals surface area contributed by atoms with E-state index < -0.39 is 0 Å². The lowest BCUT2D eigenvalue weighted by Crippen LogP contribution is -2.19. The van der Waals surface area contributed by atoms with Gasteiger partial charge in [-0.25, -0.2) is 5.01 Å². The van der Waals surface area contributed by atoms with Crippen molar-refractivity contribution in [1.82, 2.24) is 0 Å². The molecule has 1 aliphatic heterocycles. The SMILES string of the molecule is Cc1ccc(N2N=C(COCc3ccccc3)CC2=O)cc1C. The number of carbonyl (C=O) groups excluding carboxylic acids is 1. The van der Waals surface area contributed by atoms with Gasteiger partial charge in [-0.1, -0.05) is 36.4 Å². The molecule has 23 heavy (non-hydrogen) atoms. The lowest BCUT2D eigenvalue weighted by molar-refractivity contribution is -0.116. The number of amides is 1. The van der Waals surface area contributed by atoms with Gasteiger partial charge < -0.3 is 4.74 Å². The standard InChI is InChI=1S/C19H20N2O2/c1-14-8-9-18(10-15(14)2)21-19(22)11-17(20-21)13-23-12-16-6-4-3-5-7-16/h3-10H,11-13H2,1-2H3. The molecule has 0 bridgehead atoms. The largest absolute Gasteiger partial charge is 0.371 e. The van der Waals surface area contributed by atoms with E-state index in [1.807, 2.05) is 55.5 Å². The quantitative estimate of drug-likeness (QED) is 0.846. The number of hydrogen-bond acceptors (Lipinski definition) is 3. The summed E-state index contributed by atoms with van der Waals surface area (Å²) in [5.41, 5.74) is 5.05. The molecule has 2 aromatic rings. The smallest absolute Gasteiger partial charge is 0.253 e. The molecule has 0 N–H and O–H groups in total. The van der Waals surface area contributed by atoms with Gasteiger partial charge >= 0.3 is 0 Å². The van der Waals surface area contributed by atoms with Crippen molar-refractivity contribution in [3.63, 3.8) is 0 Å². The maximum Gasteiger partial charge on any atom is 0.253 e. The maximum atomic E-state index is 12.2. The van der Waals surface area contributed by atoms with Crippen molar-refractivity contribution in [3.05, 3.63) is 65.2 Å². The molecule has 0 radical (unpaired) electrons. The Morgan fingerprint density at radius 3 is 2.57 bits per heavy atom. The van der Waals surface area contributed by atoms with E-state index in [2.05, 4.69) is 12.0 Å². The van der Waals surface area contributed by atoms with Crippen LogP contribution in [0.3, 0.4) is 0 Å². The Labute approximate surface area is 136 Å². The van der Waals surface area contributed by atoms with E-state index in [0.717, 1.165) is 22.5 Å². The number of aryl methyl sites for hydroxylation is 2. The van der Waals surface area contributed by atoms with E-state index in [-0.39, 0.29) is 5.91 Å². The Hall–Kier alpha value is -2.46. The highest BCUT2D eigenvalue weighted by Gasteiger charge is 2.25. The zero-order valence-corrected chi connectivity index (χ0v) is 13.5. The Kier molecular flexibility index (Phi) is 4.53. The van der Waals surface area contributed by atoms with Crippen molar-refractivity contribution < 1.29 is 9.53 Å². The van der Waals surface area contributed by atoms with Crippen LogP contribution in [-0.4, -0.2) is 18.2 Å². The molecule has 4 heteroatoms. The van der Waals surface area contributed by atoms with Crippen LogP contribution >= 0.6 is 0 Å². The predicted molar refractivity (Wildman–Crippen MR) is 91.6 cm³/mol. The minimum absolute atomic E-state index is 0.00781. The molecule has 4 nitrogen and oxygen atoms in total. The summed E-state index contributed by atoms with van der Waals surface area (Å²) >= 11 is 0. The molecule has 1 amide bonds. The lowest BCUT2D eigenvalue weighted by Gasteiger charge is -2.13. The fraction of sp³-hybridized carbons (Fsp3) is 0.263. The summed E-state index contributed by atoms with van der Waals surface area (Å²) < 4.78 is 5.67. The number of benzene rings is 2. The summed E-state index contributed by atoms with van der Waals surface area (Å²) in [5, 5.41) is 5.90. The molecule has 0 spiro atoms. The molecule has 0 saturated heterocycles. The third-order valence-corrected chi connectivity index (χ3v) is 3.95. The summed E-state index contributed by atoms with van der Waals surface area (Å²) in [4.78, 5) is 12.2. The van der Waals surface area contributed by atoms with Crippen molar-refractivity contribution in [2.24, 2.45) is 5.10 Å². The minimum Gasteiger partial charge on any atom is -0.371 e. The highest BCUT2D eigenvalue weighted by Crippen LogP contribution is 2.23. The van der Waals surface area contributed by atoms with Gasteiger partial charge in [-0.05, 0) is 42.7 Å². The average Bonchev–Trinajstić information content (AvgIpc) is 2.92. The Morgan fingerprint density at radius 1 is 1.04 bits per heavy atom. The highest BCUT2D eigenvalue weighted by atomic mass is 16.5. The molecule has 0 atom stereocenters. The van der Waals surface area contributed by atoms with Gasteiger partial charge in [-0.15, -0.1) is 0 Å². The zero-order valence-electron chi connectivity index (χ0n) is 13.5. The summed E-state index contributed by atoms with van der Waals surface area (Å²) in [6.07, 6.45) is 0.321. The van der Waals surface area contributed by atoms with Gasteiger partial charge in [0.1, 0.15) is 0 Å². The van der Waals surface area contributed by atoms with Crippen LogP contribution in [0.4, 0.5) is 5.69 Å². The molecule has 0 fully saturated rings. The molecule has 0 unspecified atom stereocenters. The molecule has 0 saturated carbocycles. The summed E-state index contributed by atoms with van der Waals surface area (Å²) in [5.74, 6) is -0.00781. The first-order valence-corrected chi connectivity index (χ1v) is 7.72. The topological polar surface area (TPSA) is 41.9 Å². The molecular formula is C19H20N2O2. The first-order chi connectivity index (χ1) is 11.1. The van der Waals surface area contributed by atoms with E-state index in [0.29, 0.717) is 19.6 Å². The number of hydrogen-bond donors (Lipinski definition) is 0. The van der Waals surface area contributed by atoms with E-state index in [1.54, 1.807) is 0 Å². The molecule has 0 aliphatic carbocycles. The van der Waals surface area contributed by atoms with Crippen molar-refractivity contribution >= 4 is 17.3 Å². The molecule has 0 aromatic heterocycles. The van der Waals surface area contributed by atoms with Crippen LogP contribution in [0, 0.1) is 13.8 Å². The van der Waals surface area contributed by atoms with Gasteiger partial charge in [-0.2, -0.15) is 5.10 Å². The number of nitrogens with zero attached hydrogens (tertiary/aromatic N) is 2. The van der Waals surface area contributed by atoms with Crippen LogP contribution in [0.1, 0.15) is 23.1 Å². The van der Waals surface area contributed by atoms with Crippen LogP contribution in [-0.2, 0) is 16.1 Å². The van der Waals surface area contributed by atoms with Crippen molar-refractivity contribution in [2.75, 3.05) is 11.6 Å². The second kappa shape index (κ2) is 6.75. The van der Waals surface area contributed by atoms with Crippen molar-refractivity contribution in [2.45, 2.75) is 26.9 Å². The lowest BCUT2D eigenvalue weighted by atomic mass is 10.1. The number of anilines is 1. The van der Waals surface area contributed by atoms with E-state index in [4.69, 9.17) is 4.74 Å². The monoisotopic (exact) mass is 308 g/mol. The van der Waals surface area contributed by atoms with Gasteiger partial charge in [0, 0.05) is 0 Å². The van der Waals surface area contributed by atoms with Crippen LogP contribution in [0.25, 0.3) is 0 Å². The van der Waals surface area contributed by atoms with E-state index in [9.17, 15) is 4.79 Å². The van der Waals surface area contributed by atoms with Gasteiger partial charge in [-0.3, -0.25) is 4.79 Å². The maximum absolute atomic E-state index is 12.2. The number of ether oxygens (including phenoxy) is 1. The minimum atomic E-state index is -0.00781. The Morgan fingerprint density at radius 2 is 1.83 bits per heavy atom. The normalized spacial score (nSPS) is 14.3. The number of hydrazone groups is 1. The van der Waals surface area contributed by atoms with E-state index in [1.165, 1.54) is 10.6 Å². The summed E-state index contributed by atoms with van der Waals surface area (Å²) in [6, 6.07) is 15.9. The van der Waals surface area contributed by atoms with Crippen LogP contribution in [0.2, 0.25) is 0 Å². The van der Waals surface area contributed by atoms with Crippen molar-refractivity contribution in [1.29, 1.82) is 0 Å². The molecule has 118 valence electrons.